The number of hydrogen-bond acceptors (Lipinski definition) is 5. The summed E-state index contributed by atoms with van der Waals surface area (Å²) in [6, 6.07) is -1.00. The van der Waals surface area contributed by atoms with Crippen molar-refractivity contribution >= 4 is 5.91 Å². The summed E-state index contributed by atoms with van der Waals surface area (Å²) in [5.74, 6) is -0.590. The number of aliphatic hydroxyl groups excluding tert-OH is 4. The molecule has 0 rings (SSSR count). The second-order valence-corrected chi connectivity index (χ2v) is 21.7. The summed E-state index contributed by atoms with van der Waals surface area (Å²) in [5, 5.41) is 44.1. The largest absolute Gasteiger partial charge is 0.394 e. The number of hydrogen-bond donors (Lipinski definition) is 5. The molecular formula is C64H123NO5. The summed E-state index contributed by atoms with van der Waals surface area (Å²) >= 11 is 0. The molecule has 0 aliphatic rings. The van der Waals surface area contributed by atoms with Crippen molar-refractivity contribution in [2.24, 2.45) is 0 Å². The third-order valence-corrected chi connectivity index (χ3v) is 14.8. The number of rotatable bonds is 58. The summed E-state index contributed by atoms with van der Waals surface area (Å²) in [4.78, 5) is 12.6. The van der Waals surface area contributed by atoms with E-state index in [-0.39, 0.29) is 0 Å². The molecule has 0 saturated heterocycles. The van der Waals surface area contributed by atoms with Gasteiger partial charge in [-0.25, -0.2) is 0 Å². The van der Waals surface area contributed by atoms with Crippen molar-refractivity contribution < 1.29 is 25.2 Å². The van der Waals surface area contributed by atoms with Gasteiger partial charge in [0.1, 0.15) is 12.2 Å². The minimum atomic E-state index is -1.28. The van der Waals surface area contributed by atoms with Crippen molar-refractivity contribution in [3.05, 3.63) is 36.5 Å². The molecule has 0 fully saturated rings. The highest BCUT2D eigenvalue weighted by molar-refractivity contribution is 5.80. The lowest BCUT2D eigenvalue weighted by Gasteiger charge is -2.27. The van der Waals surface area contributed by atoms with E-state index >= 15 is 0 Å². The molecule has 0 spiro atoms. The zero-order valence-corrected chi connectivity index (χ0v) is 47.0. The standard InChI is InChI=1S/C64H123NO5/c1-3-5-7-9-11-13-15-17-19-21-23-25-27-29-31-32-34-36-38-40-42-44-46-48-50-52-54-56-58-62(68)64(70)65-60(59-66)63(69)61(67)57-55-53-51-49-47-45-43-41-39-37-35-33-30-28-26-24-22-20-18-16-14-12-10-8-6-4-2/h23,25,29,31,49,51,60-63,66-69H,3-22,24,26-28,30,32-48,50,52-59H2,1-2H3,(H,65,70)/b25-23-,31-29-,51-49+. The van der Waals surface area contributed by atoms with Gasteiger partial charge >= 0.3 is 0 Å². The first-order valence-electron chi connectivity index (χ1n) is 31.4. The fraction of sp³-hybridized carbons (Fsp3) is 0.891. The zero-order valence-electron chi connectivity index (χ0n) is 47.0. The summed E-state index contributed by atoms with van der Waals surface area (Å²) < 4.78 is 0. The summed E-state index contributed by atoms with van der Waals surface area (Å²) in [7, 11) is 0. The van der Waals surface area contributed by atoms with Crippen LogP contribution in [0.5, 0.6) is 0 Å². The molecule has 6 nitrogen and oxygen atoms in total. The summed E-state index contributed by atoms with van der Waals surface area (Å²) in [6.45, 7) is 4.08. The molecule has 0 aliphatic carbocycles. The molecule has 0 aromatic heterocycles. The maximum absolute atomic E-state index is 12.6. The van der Waals surface area contributed by atoms with Crippen LogP contribution in [-0.2, 0) is 4.79 Å². The Morgan fingerprint density at radius 2 is 0.629 bits per heavy atom. The maximum Gasteiger partial charge on any atom is 0.249 e. The monoisotopic (exact) mass is 986 g/mol. The van der Waals surface area contributed by atoms with E-state index < -0.39 is 36.9 Å². The van der Waals surface area contributed by atoms with Gasteiger partial charge in [0.25, 0.3) is 0 Å². The van der Waals surface area contributed by atoms with Crippen LogP contribution in [0.2, 0.25) is 0 Å². The van der Waals surface area contributed by atoms with Gasteiger partial charge in [-0.15, -0.1) is 0 Å². The average molecular weight is 987 g/mol. The number of carbonyl (C=O) groups is 1. The molecule has 6 heteroatoms. The molecule has 0 heterocycles. The van der Waals surface area contributed by atoms with Gasteiger partial charge in [0.2, 0.25) is 5.91 Å². The first-order valence-corrected chi connectivity index (χ1v) is 31.4. The van der Waals surface area contributed by atoms with Crippen LogP contribution in [0.4, 0.5) is 0 Å². The molecule has 4 atom stereocenters. The molecule has 0 aliphatic heterocycles. The smallest absolute Gasteiger partial charge is 0.249 e. The lowest BCUT2D eigenvalue weighted by atomic mass is 10.00. The van der Waals surface area contributed by atoms with Crippen molar-refractivity contribution in [1.82, 2.24) is 5.32 Å². The Labute approximate surface area is 437 Å². The van der Waals surface area contributed by atoms with Gasteiger partial charge in [0, 0.05) is 0 Å². The Morgan fingerprint density at radius 3 is 0.943 bits per heavy atom. The molecule has 0 radical (unpaired) electrons. The highest BCUT2D eigenvalue weighted by atomic mass is 16.3. The predicted molar refractivity (Wildman–Crippen MR) is 307 cm³/mol. The predicted octanol–water partition coefficient (Wildman–Crippen LogP) is 18.8. The number of aliphatic hydroxyl groups is 4. The van der Waals surface area contributed by atoms with Crippen LogP contribution in [0.15, 0.2) is 36.5 Å². The van der Waals surface area contributed by atoms with Gasteiger partial charge in [0.05, 0.1) is 18.8 Å². The van der Waals surface area contributed by atoms with Gasteiger partial charge in [-0.05, 0) is 70.6 Å². The van der Waals surface area contributed by atoms with E-state index in [0.717, 1.165) is 44.9 Å². The molecule has 70 heavy (non-hydrogen) atoms. The SMILES string of the molecule is CCCCCCCCCCC/C=C\C/C=C\CCCCCCCCCCCCCCC(O)C(=O)NC(CO)C(O)C(O)CCC/C=C/CCCCCCCCCCCCCCCCCCCCCCC. The molecule has 1 amide bonds. The number of unbranched alkanes of at least 4 members (excludes halogenated alkanes) is 43. The Bertz CT molecular complexity index is 1110. The number of nitrogens with one attached hydrogen (secondary N) is 1. The second kappa shape index (κ2) is 58.4. The molecule has 4 unspecified atom stereocenters. The van der Waals surface area contributed by atoms with Crippen LogP contribution < -0.4 is 5.32 Å². The highest BCUT2D eigenvalue weighted by Crippen LogP contribution is 2.18. The lowest BCUT2D eigenvalue weighted by molar-refractivity contribution is -0.132. The lowest BCUT2D eigenvalue weighted by Crippen LogP contribution is -2.53. The van der Waals surface area contributed by atoms with Crippen molar-refractivity contribution in [3.8, 4) is 0 Å². The Morgan fingerprint density at radius 1 is 0.357 bits per heavy atom. The average Bonchev–Trinajstić information content (AvgIpc) is 3.36. The number of amides is 1. The van der Waals surface area contributed by atoms with Crippen molar-refractivity contribution in [1.29, 1.82) is 0 Å². The quantitative estimate of drug-likeness (QED) is 0.0308. The van der Waals surface area contributed by atoms with Crippen LogP contribution in [0.3, 0.4) is 0 Å². The van der Waals surface area contributed by atoms with Crippen LogP contribution in [-0.4, -0.2) is 57.3 Å². The van der Waals surface area contributed by atoms with Crippen LogP contribution in [0, 0.1) is 0 Å². The molecule has 0 bridgehead atoms. The van der Waals surface area contributed by atoms with E-state index in [2.05, 4.69) is 55.6 Å². The van der Waals surface area contributed by atoms with Gasteiger partial charge in [0.15, 0.2) is 0 Å². The zero-order chi connectivity index (χ0) is 50.9. The molecule has 5 N–H and O–H groups in total. The molecule has 0 aromatic carbocycles. The van der Waals surface area contributed by atoms with E-state index in [1.165, 1.54) is 263 Å². The summed E-state index contributed by atoms with van der Waals surface area (Å²) in [5.41, 5.74) is 0. The second-order valence-electron chi connectivity index (χ2n) is 21.7. The fourth-order valence-electron chi connectivity index (χ4n) is 9.91. The first-order chi connectivity index (χ1) is 34.5. The van der Waals surface area contributed by atoms with Gasteiger partial charge in [-0.1, -0.05) is 301 Å². The highest BCUT2D eigenvalue weighted by Gasteiger charge is 2.28. The maximum atomic E-state index is 12.6. The Hall–Kier alpha value is -1.47. The van der Waals surface area contributed by atoms with Gasteiger partial charge in [-0.2, -0.15) is 0 Å². The van der Waals surface area contributed by atoms with Crippen LogP contribution in [0.1, 0.15) is 335 Å². The van der Waals surface area contributed by atoms with Crippen molar-refractivity contribution in [3.63, 3.8) is 0 Å². The fourth-order valence-corrected chi connectivity index (χ4v) is 9.91. The molecular weight excluding hydrogens is 863 g/mol. The Kier molecular flexibility index (Phi) is 57.2. The number of allylic oxidation sites excluding steroid dienone is 6. The van der Waals surface area contributed by atoms with Gasteiger partial charge in [-0.3, -0.25) is 4.79 Å². The topological polar surface area (TPSA) is 110 Å². The van der Waals surface area contributed by atoms with E-state index in [9.17, 15) is 25.2 Å². The van der Waals surface area contributed by atoms with E-state index in [1.807, 2.05) is 0 Å². The minimum Gasteiger partial charge on any atom is -0.394 e. The number of carbonyl (C=O) groups excluding carboxylic acids is 1. The minimum absolute atomic E-state index is 0.362. The third kappa shape index (κ3) is 51.4. The van der Waals surface area contributed by atoms with E-state index in [4.69, 9.17) is 0 Å². The van der Waals surface area contributed by atoms with Gasteiger partial charge < -0.3 is 25.7 Å². The van der Waals surface area contributed by atoms with E-state index in [1.54, 1.807) is 0 Å². The molecule has 0 aromatic rings. The first kappa shape index (κ1) is 68.5. The summed E-state index contributed by atoms with van der Waals surface area (Å²) in [6.07, 6.45) is 73.8. The normalized spacial score (nSPS) is 13.9. The molecule has 414 valence electrons. The van der Waals surface area contributed by atoms with Crippen molar-refractivity contribution in [2.75, 3.05) is 6.61 Å². The van der Waals surface area contributed by atoms with E-state index in [0.29, 0.717) is 12.8 Å². The molecule has 0 saturated carbocycles. The van der Waals surface area contributed by atoms with Crippen LogP contribution >= 0.6 is 0 Å². The Balaban J connectivity index is 3.62. The third-order valence-electron chi connectivity index (χ3n) is 14.8. The van der Waals surface area contributed by atoms with Crippen molar-refractivity contribution in [2.45, 2.75) is 359 Å². The van der Waals surface area contributed by atoms with Crippen LogP contribution in [0.25, 0.3) is 0 Å².